The summed E-state index contributed by atoms with van der Waals surface area (Å²) in [6.07, 6.45) is 0. The highest BCUT2D eigenvalue weighted by Crippen LogP contribution is 2.25. The van der Waals surface area contributed by atoms with E-state index in [0.29, 0.717) is 4.47 Å². The number of para-hydroxylation sites is 1. The molecule has 0 heterocycles. The third-order valence-electron chi connectivity index (χ3n) is 1.61. The van der Waals surface area contributed by atoms with E-state index in [4.69, 9.17) is 5.73 Å². The van der Waals surface area contributed by atoms with Gasteiger partial charge in [0.05, 0.1) is 11.4 Å². The maximum atomic E-state index is 13.2. The van der Waals surface area contributed by atoms with E-state index in [9.17, 15) is 12.8 Å². The SMILES string of the molecule is NCCS(=O)(=O)Nc1c(F)cccc1Br. The quantitative estimate of drug-likeness (QED) is 0.879. The molecule has 84 valence electrons. The first-order valence-corrected chi connectivity index (χ1v) is 6.55. The number of hydrogen-bond acceptors (Lipinski definition) is 3. The molecule has 1 rings (SSSR count). The zero-order valence-electron chi connectivity index (χ0n) is 7.70. The smallest absolute Gasteiger partial charge is 0.234 e. The summed E-state index contributed by atoms with van der Waals surface area (Å²) in [7, 11) is -3.57. The Hall–Kier alpha value is -0.660. The van der Waals surface area contributed by atoms with Crippen molar-refractivity contribution in [1.82, 2.24) is 0 Å². The second-order valence-electron chi connectivity index (χ2n) is 2.81. The molecular weight excluding hydrogens is 287 g/mol. The van der Waals surface area contributed by atoms with Gasteiger partial charge in [-0.3, -0.25) is 4.72 Å². The Labute approximate surface area is 95.8 Å². The molecule has 0 bridgehead atoms. The van der Waals surface area contributed by atoms with Crippen LogP contribution in [0.25, 0.3) is 0 Å². The van der Waals surface area contributed by atoms with Crippen LogP contribution in [0.5, 0.6) is 0 Å². The van der Waals surface area contributed by atoms with Gasteiger partial charge in [-0.05, 0) is 28.1 Å². The molecule has 0 saturated heterocycles. The van der Waals surface area contributed by atoms with Crippen molar-refractivity contribution >= 4 is 31.6 Å². The maximum Gasteiger partial charge on any atom is 0.234 e. The third-order valence-corrected chi connectivity index (χ3v) is 3.56. The molecule has 4 nitrogen and oxygen atoms in total. The van der Waals surface area contributed by atoms with Crippen molar-refractivity contribution in [3.05, 3.63) is 28.5 Å². The standard InChI is InChI=1S/C8H10BrFN2O2S/c9-6-2-1-3-7(10)8(6)12-15(13,14)5-4-11/h1-3,12H,4-5,11H2. The van der Waals surface area contributed by atoms with E-state index in [1.54, 1.807) is 6.07 Å². The molecule has 0 fully saturated rings. The van der Waals surface area contributed by atoms with Crippen LogP contribution in [0.1, 0.15) is 0 Å². The lowest BCUT2D eigenvalue weighted by Crippen LogP contribution is -2.23. The lowest BCUT2D eigenvalue weighted by Gasteiger charge is -2.09. The van der Waals surface area contributed by atoms with Gasteiger partial charge < -0.3 is 5.73 Å². The minimum atomic E-state index is -3.57. The predicted molar refractivity (Wildman–Crippen MR) is 60.6 cm³/mol. The summed E-state index contributed by atoms with van der Waals surface area (Å²) in [5.74, 6) is -0.877. The highest BCUT2D eigenvalue weighted by molar-refractivity contribution is 9.10. The maximum absolute atomic E-state index is 13.2. The molecule has 0 amide bonds. The van der Waals surface area contributed by atoms with Crippen molar-refractivity contribution in [3.63, 3.8) is 0 Å². The fourth-order valence-electron chi connectivity index (χ4n) is 0.957. The number of nitrogens with one attached hydrogen (secondary N) is 1. The van der Waals surface area contributed by atoms with E-state index >= 15 is 0 Å². The van der Waals surface area contributed by atoms with Crippen molar-refractivity contribution in [2.24, 2.45) is 5.73 Å². The molecule has 0 aliphatic carbocycles. The van der Waals surface area contributed by atoms with Crippen LogP contribution >= 0.6 is 15.9 Å². The van der Waals surface area contributed by atoms with Crippen molar-refractivity contribution < 1.29 is 12.8 Å². The lowest BCUT2D eigenvalue weighted by molar-refractivity contribution is 0.598. The van der Waals surface area contributed by atoms with Crippen LogP contribution < -0.4 is 10.5 Å². The van der Waals surface area contributed by atoms with Gasteiger partial charge in [0.2, 0.25) is 10.0 Å². The van der Waals surface area contributed by atoms with Crippen LogP contribution in [-0.2, 0) is 10.0 Å². The van der Waals surface area contributed by atoms with Gasteiger partial charge in [0.15, 0.2) is 0 Å². The van der Waals surface area contributed by atoms with E-state index in [1.165, 1.54) is 12.1 Å². The lowest BCUT2D eigenvalue weighted by atomic mass is 10.3. The number of anilines is 1. The van der Waals surface area contributed by atoms with Crippen LogP contribution in [0.3, 0.4) is 0 Å². The van der Waals surface area contributed by atoms with E-state index in [1.807, 2.05) is 0 Å². The molecule has 1 aromatic rings. The van der Waals surface area contributed by atoms with Crippen molar-refractivity contribution in [3.8, 4) is 0 Å². The van der Waals surface area contributed by atoms with Gasteiger partial charge in [0.1, 0.15) is 5.82 Å². The Balaban J connectivity index is 2.99. The number of nitrogens with two attached hydrogens (primary N) is 1. The minimum Gasteiger partial charge on any atom is -0.329 e. The normalized spacial score (nSPS) is 11.4. The molecule has 0 aliphatic heterocycles. The number of rotatable bonds is 4. The molecule has 3 N–H and O–H groups in total. The molecule has 0 spiro atoms. The highest BCUT2D eigenvalue weighted by atomic mass is 79.9. The van der Waals surface area contributed by atoms with Gasteiger partial charge >= 0.3 is 0 Å². The summed E-state index contributed by atoms with van der Waals surface area (Å²) < 4.78 is 38.4. The van der Waals surface area contributed by atoms with Gasteiger partial charge in [0.25, 0.3) is 0 Å². The number of halogens is 2. The van der Waals surface area contributed by atoms with Crippen molar-refractivity contribution in [1.29, 1.82) is 0 Å². The number of hydrogen-bond donors (Lipinski definition) is 2. The number of sulfonamides is 1. The predicted octanol–water partition coefficient (Wildman–Crippen LogP) is 1.29. The van der Waals surface area contributed by atoms with Crippen LogP contribution in [0, 0.1) is 5.82 Å². The monoisotopic (exact) mass is 296 g/mol. The summed E-state index contributed by atoms with van der Waals surface area (Å²) in [6, 6.07) is 4.19. The first kappa shape index (κ1) is 12.4. The van der Waals surface area contributed by atoms with E-state index < -0.39 is 15.8 Å². The van der Waals surface area contributed by atoms with Gasteiger partial charge in [-0.2, -0.15) is 0 Å². The Kier molecular flexibility index (Phi) is 4.06. The molecule has 0 saturated carbocycles. The molecular formula is C8H10BrFN2O2S. The Morgan fingerprint density at radius 2 is 2.13 bits per heavy atom. The van der Waals surface area contributed by atoms with E-state index in [2.05, 4.69) is 20.7 Å². The van der Waals surface area contributed by atoms with Crippen molar-refractivity contribution in [2.45, 2.75) is 0 Å². The summed E-state index contributed by atoms with van der Waals surface area (Å²) >= 11 is 3.05. The fraction of sp³-hybridized carbons (Fsp3) is 0.250. The van der Waals surface area contributed by atoms with E-state index in [0.717, 1.165) is 0 Å². The summed E-state index contributed by atoms with van der Waals surface area (Å²) in [5.41, 5.74) is 5.03. The molecule has 1 aromatic carbocycles. The van der Waals surface area contributed by atoms with Crippen LogP contribution in [0.15, 0.2) is 22.7 Å². The summed E-state index contributed by atoms with van der Waals surface area (Å²) in [6.45, 7) is -0.0125. The molecule has 0 atom stereocenters. The number of benzene rings is 1. The summed E-state index contributed by atoms with van der Waals surface area (Å²) in [5, 5.41) is 0. The molecule has 7 heteroatoms. The molecule has 0 radical (unpaired) electrons. The molecule has 0 unspecified atom stereocenters. The second-order valence-corrected chi connectivity index (χ2v) is 5.50. The van der Waals surface area contributed by atoms with Gasteiger partial charge in [-0.15, -0.1) is 0 Å². The van der Waals surface area contributed by atoms with Gasteiger partial charge in [0, 0.05) is 11.0 Å². The Morgan fingerprint density at radius 3 is 2.67 bits per heavy atom. The first-order valence-electron chi connectivity index (χ1n) is 4.11. The Morgan fingerprint density at radius 1 is 1.47 bits per heavy atom. The second kappa shape index (κ2) is 4.91. The first-order chi connectivity index (χ1) is 6.96. The fourth-order valence-corrected chi connectivity index (χ4v) is 2.46. The van der Waals surface area contributed by atoms with Gasteiger partial charge in [-0.25, -0.2) is 12.8 Å². The van der Waals surface area contributed by atoms with Gasteiger partial charge in [-0.1, -0.05) is 6.07 Å². The molecule has 0 aromatic heterocycles. The minimum absolute atomic E-state index is 0.0125. The van der Waals surface area contributed by atoms with E-state index in [-0.39, 0.29) is 18.0 Å². The topological polar surface area (TPSA) is 72.2 Å². The average Bonchev–Trinajstić information content (AvgIpc) is 2.11. The van der Waals surface area contributed by atoms with Crippen LogP contribution in [-0.4, -0.2) is 20.7 Å². The average molecular weight is 297 g/mol. The Bertz CT molecular complexity index is 430. The zero-order valence-corrected chi connectivity index (χ0v) is 10.1. The highest BCUT2D eigenvalue weighted by Gasteiger charge is 2.14. The summed E-state index contributed by atoms with van der Waals surface area (Å²) in [4.78, 5) is 0. The largest absolute Gasteiger partial charge is 0.329 e. The van der Waals surface area contributed by atoms with Crippen LogP contribution in [0.2, 0.25) is 0 Å². The van der Waals surface area contributed by atoms with Crippen molar-refractivity contribution in [2.75, 3.05) is 17.0 Å². The molecule has 15 heavy (non-hydrogen) atoms. The molecule has 0 aliphatic rings. The third kappa shape index (κ3) is 3.44. The van der Waals surface area contributed by atoms with Crippen LogP contribution in [0.4, 0.5) is 10.1 Å². The zero-order chi connectivity index (χ0) is 11.5.